The third kappa shape index (κ3) is 3.20. The van der Waals surface area contributed by atoms with Gasteiger partial charge in [-0.15, -0.1) is 0 Å². The summed E-state index contributed by atoms with van der Waals surface area (Å²) in [6.07, 6.45) is 2.14. The molecule has 0 aromatic carbocycles. The number of carbonyl (C=O) groups excluding carboxylic acids is 2. The molecule has 0 bridgehead atoms. The van der Waals surface area contributed by atoms with Crippen molar-refractivity contribution >= 4 is 11.8 Å². The van der Waals surface area contributed by atoms with Crippen LogP contribution >= 0.6 is 0 Å². The van der Waals surface area contributed by atoms with Crippen LogP contribution in [0.4, 0.5) is 0 Å². The molecule has 0 saturated carbocycles. The van der Waals surface area contributed by atoms with E-state index in [0.717, 1.165) is 25.9 Å². The molecule has 5 heteroatoms. The lowest BCUT2D eigenvalue weighted by Gasteiger charge is -2.24. The van der Waals surface area contributed by atoms with Crippen LogP contribution in [0.3, 0.4) is 0 Å². The van der Waals surface area contributed by atoms with Gasteiger partial charge in [0.2, 0.25) is 11.8 Å². The number of hydrogen-bond acceptors (Lipinski definition) is 3. The van der Waals surface area contributed by atoms with Gasteiger partial charge in [-0.1, -0.05) is 13.8 Å². The topological polar surface area (TPSA) is 61.4 Å². The van der Waals surface area contributed by atoms with Crippen molar-refractivity contribution < 1.29 is 9.59 Å². The van der Waals surface area contributed by atoms with Gasteiger partial charge in [-0.25, -0.2) is 5.43 Å². The van der Waals surface area contributed by atoms with E-state index in [1.54, 1.807) is 0 Å². The zero-order chi connectivity index (χ0) is 11.3. The first-order valence-corrected chi connectivity index (χ1v) is 5.52. The number of nitrogens with zero attached hydrogens (tertiary/aromatic N) is 1. The number of nitrogens with one attached hydrogen (secondary N) is 2. The fourth-order valence-corrected chi connectivity index (χ4v) is 1.70. The molecule has 1 aliphatic rings. The first-order valence-electron chi connectivity index (χ1n) is 5.52. The second-order valence-corrected chi connectivity index (χ2v) is 3.77. The maximum atomic E-state index is 11.9. The molecule has 86 valence electrons. The van der Waals surface area contributed by atoms with Crippen molar-refractivity contribution in [2.75, 3.05) is 13.1 Å². The molecule has 1 unspecified atom stereocenters. The summed E-state index contributed by atoms with van der Waals surface area (Å²) in [5, 5.41) is 0. The third-order valence-corrected chi connectivity index (χ3v) is 2.37. The van der Waals surface area contributed by atoms with Gasteiger partial charge in [0.05, 0.1) is 6.42 Å². The maximum absolute atomic E-state index is 11.9. The summed E-state index contributed by atoms with van der Waals surface area (Å²) in [5.74, 6) is -0.0849. The van der Waals surface area contributed by atoms with Crippen LogP contribution in [-0.4, -0.2) is 35.8 Å². The highest BCUT2D eigenvalue weighted by Gasteiger charge is 2.30. The molecule has 15 heavy (non-hydrogen) atoms. The van der Waals surface area contributed by atoms with Crippen LogP contribution in [0.25, 0.3) is 0 Å². The Balaban J connectivity index is 2.51. The molecular formula is C10H19N3O2. The Labute approximate surface area is 90.2 Å². The first-order chi connectivity index (χ1) is 7.19. The molecule has 5 nitrogen and oxygen atoms in total. The largest absolute Gasteiger partial charge is 0.341 e. The van der Waals surface area contributed by atoms with E-state index in [-0.39, 0.29) is 24.3 Å². The fourth-order valence-electron chi connectivity index (χ4n) is 1.70. The minimum atomic E-state index is -0.379. The van der Waals surface area contributed by atoms with E-state index < -0.39 is 0 Å². The van der Waals surface area contributed by atoms with Crippen molar-refractivity contribution in [2.45, 2.75) is 39.2 Å². The molecule has 1 rings (SSSR count). The van der Waals surface area contributed by atoms with E-state index >= 15 is 0 Å². The summed E-state index contributed by atoms with van der Waals surface area (Å²) in [4.78, 5) is 24.7. The number of rotatable bonds is 5. The predicted molar refractivity (Wildman–Crippen MR) is 56.8 cm³/mol. The van der Waals surface area contributed by atoms with Gasteiger partial charge >= 0.3 is 0 Å². The van der Waals surface area contributed by atoms with Gasteiger partial charge < -0.3 is 4.90 Å². The van der Waals surface area contributed by atoms with E-state index in [9.17, 15) is 9.59 Å². The lowest BCUT2D eigenvalue weighted by molar-refractivity contribution is -0.133. The third-order valence-electron chi connectivity index (χ3n) is 2.37. The summed E-state index contributed by atoms with van der Waals surface area (Å²) in [6.45, 7) is 5.61. The SMILES string of the molecule is CCCN(CCC)C(=O)C1CC(=O)NN1. The van der Waals surface area contributed by atoms with Crippen molar-refractivity contribution in [2.24, 2.45) is 0 Å². The Morgan fingerprint density at radius 2 is 2.00 bits per heavy atom. The first kappa shape index (κ1) is 12.0. The van der Waals surface area contributed by atoms with Gasteiger partial charge in [-0.05, 0) is 12.8 Å². The lowest BCUT2D eigenvalue weighted by Crippen LogP contribution is -2.46. The highest BCUT2D eigenvalue weighted by Crippen LogP contribution is 2.05. The number of hydrogen-bond donors (Lipinski definition) is 2. The average Bonchev–Trinajstić information content (AvgIpc) is 2.63. The molecule has 1 atom stereocenters. The summed E-state index contributed by atoms with van der Waals surface area (Å²) in [5.41, 5.74) is 5.17. The fraction of sp³-hybridized carbons (Fsp3) is 0.800. The molecule has 1 heterocycles. The highest BCUT2D eigenvalue weighted by atomic mass is 16.2. The van der Waals surface area contributed by atoms with Crippen LogP contribution in [0.1, 0.15) is 33.1 Å². The second kappa shape index (κ2) is 5.70. The summed E-state index contributed by atoms with van der Waals surface area (Å²) in [6, 6.07) is -0.379. The maximum Gasteiger partial charge on any atom is 0.242 e. The molecule has 2 amide bonds. The van der Waals surface area contributed by atoms with E-state index in [4.69, 9.17) is 0 Å². The zero-order valence-electron chi connectivity index (χ0n) is 9.38. The Morgan fingerprint density at radius 1 is 1.40 bits per heavy atom. The van der Waals surface area contributed by atoms with Crippen LogP contribution in [0.15, 0.2) is 0 Å². The highest BCUT2D eigenvalue weighted by molar-refractivity contribution is 5.90. The smallest absolute Gasteiger partial charge is 0.242 e. The van der Waals surface area contributed by atoms with Crippen LogP contribution in [0.2, 0.25) is 0 Å². The number of hydrazine groups is 1. The van der Waals surface area contributed by atoms with E-state index in [1.807, 2.05) is 18.7 Å². The molecule has 1 saturated heterocycles. The summed E-state index contributed by atoms with van der Waals surface area (Å²) in [7, 11) is 0. The van der Waals surface area contributed by atoms with Crippen LogP contribution in [-0.2, 0) is 9.59 Å². The standard InChI is InChI=1S/C10H19N3O2/c1-3-5-13(6-4-2)10(15)8-7-9(14)12-11-8/h8,11H,3-7H2,1-2H3,(H,12,14). The molecule has 0 aromatic heterocycles. The molecule has 1 fully saturated rings. The number of amides is 2. The quantitative estimate of drug-likeness (QED) is 0.677. The van der Waals surface area contributed by atoms with Crippen LogP contribution in [0.5, 0.6) is 0 Å². The second-order valence-electron chi connectivity index (χ2n) is 3.77. The molecular weight excluding hydrogens is 194 g/mol. The van der Waals surface area contributed by atoms with Crippen molar-refractivity contribution in [1.82, 2.24) is 15.8 Å². The number of carbonyl (C=O) groups is 2. The molecule has 0 spiro atoms. The molecule has 0 aromatic rings. The normalized spacial score (nSPS) is 20.1. The van der Waals surface area contributed by atoms with E-state index in [1.165, 1.54) is 0 Å². The van der Waals surface area contributed by atoms with Gasteiger partial charge in [0.1, 0.15) is 6.04 Å². The Hall–Kier alpha value is -1.10. The van der Waals surface area contributed by atoms with E-state index in [0.29, 0.717) is 0 Å². The Kier molecular flexibility index (Phi) is 4.55. The van der Waals surface area contributed by atoms with Crippen LogP contribution in [0, 0.1) is 0 Å². The lowest BCUT2D eigenvalue weighted by atomic mass is 10.2. The van der Waals surface area contributed by atoms with Crippen molar-refractivity contribution in [3.8, 4) is 0 Å². The zero-order valence-corrected chi connectivity index (χ0v) is 9.38. The summed E-state index contributed by atoms with van der Waals surface area (Å²) >= 11 is 0. The predicted octanol–water partition coefficient (Wildman–Crippen LogP) is 0.0281. The Bertz CT molecular complexity index is 237. The monoisotopic (exact) mass is 213 g/mol. The molecule has 0 aliphatic carbocycles. The van der Waals surface area contributed by atoms with Crippen molar-refractivity contribution in [3.05, 3.63) is 0 Å². The van der Waals surface area contributed by atoms with Gasteiger partial charge in [-0.2, -0.15) is 0 Å². The van der Waals surface area contributed by atoms with Crippen molar-refractivity contribution in [1.29, 1.82) is 0 Å². The Morgan fingerprint density at radius 3 is 2.40 bits per heavy atom. The van der Waals surface area contributed by atoms with E-state index in [2.05, 4.69) is 10.9 Å². The van der Waals surface area contributed by atoms with Crippen molar-refractivity contribution in [3.63, 3.8) is 0 Å². The minimum Gasteiger partial charge on any atom is -0.341 e. The van der Waals surface area contributed by atoms with Crippen LogP contribution < -0.4 is 10.9 Å². The van der Waals surface area contributed by atoms with Gasteiger partial charge in [-0.3, -0.25) is 15.0 Å². The molecule has 1 aliphatic heterocycles. The van der Waals surface area contributed by atoms with Gasteiger partial charge in [0, 0.05) is 13.1 Å². The van der Waals surface area contributed by atoms with Gasteiger partial charge in [0.15, 0.2) is 0 Å². The minimum absolute atomic E-state index is 0.0250. The molecule has 2 N–H and O–H groups in total. The van der Waals surface area contributed by atoms with Gasteiger partial charge in [0.25, 0.3) is 0 Å². The molecule has 0 radical (unpaired) electrons. The average molecular weight is 213 g/mol. The summed E-state index contributed by atoms with van der Waals surface area (Å²) < 4.78 is 0.